The zero-order valence-corrected chi connectivity index (χ0v) is 14.8. The van der Waals surface area contributed by atoms with Gasteiger partial charge in [0.1, 0.15) is 0 Å². The lowest BCUT2D eigenvalue weighted by molar-refractivity contribution is -0.119. The number of esters is 1. The first kappa shape index (κ1) is 18.6. The molecule has 7 heteroatoms. The number of carbonyl (C=O) groups excluding carboxylic acids is 2. The molecule has 0 saturated carbocycles. The minimum atomic E-state index is -0.692. The summed E-state index contributed by atoms with van der Waals surface area (Å²) in [5.74, 6) is -0.517. The summed E-state index contributed by atoms with van der Waals surface area (Å²) in [5.41, 5.74) is 1.80. The molecule has 0 spiro atoms. The molecule has 0 aliphatic carbocycles. The zero-order valence-electron chi connectivity index (χ0n) is 14.1. The van der Waals surface area contributed by atoms with E-state index < -0.39 is 18.5 Å². The van der Waals surface area contributed by atoms with Gasteiger partial charge in [-0.05, 0) is 36.8 Å². The van der Waals surface area contributed by atoms with Crippen LogP contribution in [-0.2, 0) is 9.53 Å². The summed E-state index contributed by atoms with van der Waals surface area (Å²) >= 11 is 6.05. The van der Waals surface area contributed by atoms with Crippen molar-refractivity contribution in [2.24, 2.45) is 0 Å². The lowest BCUT2D eigenvalue weighted by atomic mass is 10.2. The first-order valence-electron chi connectivity index (χ1n) is 7.39. The lowest BCUT2D eigenvalue weighted by Gasteiger charge is -2.11. The molecule has 0 aromatic heterocycles. The maximum absolute atomic E-state index is 12.1. The van der Waals surface area contributed by atoms with Gasteiger partial charge in [0.15, 0.2) is 18.1 Å². The van der Waals surface area contributed by atoms with E-state index in [0.717, 1.165) is 5.56 Å². The quantitative estimate of drug-likeness (QED) is 0.795. The van der Waals surface area contributed by atoms with Gasteiger partial charge >= 0.3 is 5.97 Å². The predicted molar refractivity (Wildman–Crippen MR) is 94.6 cm³/mol. The third-order valence-corrected chi connectivity index (χ3v) is 3.59. The van der Waals surface area contributed by atoms with Gasteiger partial charge in [0.25, 0.3) is 5.91 Å². The normalized spacial score (nSPS) is 10.1. The first-order valence-corrected chi connectivity index (χ1v) is 7.77. The average molecular weight is 364 g/mol. The molecule has 25 heavy (non-hydrogen) atoms. The van der Waals surface area contributed by atoms with E-state index in [-0.39, 0.29) is 10.6 Å². The van der Waals surface area contributed by atoms with Crippen molar-refractivity contribution in [1.82, 2.24) is 0 Å². The smallest absolute Gasteiger partial charge is 0.338 e. The predicted octanol–water partition coefficient (Wildman–Crippen LogP) is 3.46. The highest BCUT2D eigenvalue weighted by molar-refractivity contribution is 6.32. The van der Waals surface area contributed by atoms with E-state index in [4.69, 9.17) is 25.8 Å². The van der Waals surface area contributed by atoms with E-state index in [1.54, 1.807) is 6.07 Å². The monoisotopic (exact) mass is 363 g/mol. The Hall–Kier alpha value is -2.73. The fourth-order valence-electron chi connectivity index (χ4n) is 2.17. The van der Waals surface area contributed by atoms with Gasteiger partial charge in [-0.3, -0.25) is 4.79 Å². The van der Waals surface area contributed by atoms with Crippen molar-refractivity contribution in [2.75, 3.05) is 26.1 Å². The molecule has 1 amide bonds. The molecule has 0 fully saturated rings. The molecule has 6 nitrogen and oxygen atoms in total. The van der Waals surface area contributed by atoms with Crippen LogP contribution in [0.3, 0.4) is 0 Å². The van der Waals surface area contributed by atoms with Gasteiger partial charge in [-0.2, -0.15) is 0 Å². The number of amides is 1. The van der Waals surface area contributed by atoms with Crippen molar-refractivity contribution < 1.29 is 23.8 Å². The molecule has 0 bridgehead atoms. The SMILES string of the molecule is COc1cc(C(=O)OCC(=O)Nc2cccc(C)c2)cc(Cl)c1OC. The van der Waals surface area contributed by atoms with Crippen molar-refractivity contribution in [2.45, 2.75) is 6.92 Å². The molecular weight excluding hydrogens is 346 g/mol. The van der Waals surface area contributed by atoms with Crippen LogP contribution in [0.15, 0.2) is 36.4 Å². The van der Waals surface area contributed by atoms with Gasteiger partial charge in [-0.25, -0.2) is 4.79 Å². The molecule has 0 unspecified atom stereocenters. The Bertz CT molecular complexity index is 791. The van der Waals surface area contributed by atoms with Crippen LogP contribution < -0.4 is 14.8 Å². The lowest BCUT2D eigenvalue weighted by Crippen LogP contribution is -2.21. The average Bonchev–Trinajstić information content (AvgIpc) is 2.58. The van der Waals surface area contributed by atoms with Crippen LogP contribution >= 0.6 is 11.6 Å². The second-order valence-electron chi connectivity index (χ2n) is 5.19. The Morgan fingerprint density at radius 2 is 1.88 bits per heavy atom. The second kappa shape index (κ2) is 8.39. The van der Waals surface area contributed by atoms with Gasteiger partial charge in [0.2, 0.25) is 0 Å². The Morgan fingerprint density at radius 1 is 1.12 bits per heavy atom. The molecule has 0 radical (unpaired) electrons. The van der Waals surface area contributed by atoms with E-state index in [2.05, 4.69) is 5.32 Å². The maximum Gasteiger partial charge on any atom is 0.338 e. The van der Waals surface area contributed by atoms with E-state index in [9.17, 15) is 9.59 Å². The topological polar surface area (TPSA) is 73.9 Å². The minimum Gasteiger partial charge on any atom is -0.493 e. The van der Waals surface area contributed by atoms with E-state index in [1.807, 2.05) is 25.1 Å². The van der Waals surface area contributed by atoms with Crippen LogP contribution in [0.5, 0.6) is 11.5 Å². The van der Waals surface area contributed by atoms with Crippen LogP contribution in [0.2, 0.25) is 5.02 Å². The molecule has 0 aliphatic rings. The van der Waals surface area contributed by atoms with Gasteiger partial charge in [0.05, 0.1) is 24.8 Å². The van der Waals surface area contributed by atoms with Crippen LogP contribution in [0.25, 0.3) is 0 Å². The number of nitrogens with one attached hydrogen (secondary N) is 1. The molecule has 0 saturated heterocycles. The number of ether oxygens (including phenoxy) is 3. The molecule has 0 aliphatic heterocycles. The number of carbonyl (C=O) groups is 2. The molecule has 0 atom stereocenters. The second-order valence-corrected chi connectivity index (χ2v) is 5.59. The fraction of sp³-hybridized carbons (Fsp3) is 0.222. The molecule has 2 aromatic rings. The van der Waals surface area contributed by atoms with E-state index in [0.29, 0.717) is 17.2 Å². The summed E-state index contributed by atoms with van der Waals surface area (Å²) in [6, 6.07) is 10.1. The molecule has 132 valence electrons. The zero-order chi connectivity index (χ0) is 18.4. The van der Waals surface area contributed by atoms with Crippen LogP contribution in [-0.4, -0.2) is 32.7 Å². The third kappa shape index (κ3) is 4.87. The molecule has 2 rings (SSSR count). The highest BCUT2D eigenvalue weighted by Crippen LogP contribution is 2.36. The largest absolute Gasteiger partial charge is 0.493 e. The summed E-state index contributed by atoms with van der Waals surface area (Å²) in [5, 5.41) is 2.86. The Labute approximate surface area is 150 Å². The number of aryl methyl sites for hydroxylation is 1. The van der Waals surface area contributed by atoms with Gasteiger partial charge in [-0.15, -0.1) is 0 Å². The summed E-state index contributed by atoms with van der Waals surface area (Å²) in [7, 11) is 2.87. The van der Waals surface area contributed by atoms with E-state index >= 15 is 0 Å². The van der Waals surface area contributed by atoms with Gasteiger partial charge in [0, 0.05) is 5.69 Å². The Kier molecular flexibility index (Phi) is 6.25. The standard InChI is InChI=1S/C18H18ClNO5/c1-11-5-4-6-13(7-11)20-16(21)10-25-18(22)12-8-14(19)17(24-3)15(9-12)23-2/h4-9H,10H2,1-3H3,(H,20,21). The number of hydrogen-bond donors (Lipinski definition) is 1. The number of hydrogen-bond acceptors (Lipinski definition) is 5. The van der Waals surface area contributed by atoms with Crippen LogP contribution in [0, 0.1) is 6.92 Å². The summed E-state index contributed by atoms with van der Waals surface area (Å²) < 4.78 is 15.2. The van der Waals surface area contributed by atoms with Crippen LogP contribution in [0.1, 0.15) is 15.9 Å². The number of rotatable bonds is 6. The molecule has 1 N–H and O–H groups in total. The Morgan fingerprint density at radius 3 is 2.52 bits per heavy atom. The fourth-order valence-corrected chi connectivity index (χ4v) is 2.46. The number of benzene rings is 2. The summed E-state index contributed by atoms with van der Waals surface area (Å²) in [6.07, 6.45) is 0. The minimum absolute atomic E-state index is 0.158. The molecule has 0 heterocycles. The number of methoxy groups -OCH3 is 2. The number of halogens is 1. The van der Waals surface area contributed by atoms with Crippen LogP contribution in [0.4, 0.5) is 5.69 Å². The molecular formula is C18H18ClNO5. The van der Waals surface area contributed by atoms with Gasteiger partial charge < -0.3 is 19.5 Å². The maximum atomic E-state index is 12.1. The molecule has 2 aromatic carbocycles. The van der Waals surface area contributed by atoms with Crippen molar-refractivity contribution >= 4 is 29.2 Å². The van der Waals surface area contributed by atoms with Crippen molar-refractivity contribution in [3.63, 3.8) is 0 Å². The van der Waals surface area contributed by atoms with E-state index in [1.165, 1.54) is 26.4 Å². The summed E-state index contributed by atoms with van der Waals surface area (Å²) in [6.45, 7) is 1.50. The third-order valence-electron chi connectivity index (χ3n) is 3.31. The van der Waals surface area contributed by atoms with Crippen molar-refractivity contribution in [3.8, 4) is 11.5 Å². The van der Waals surface area contributed by atoms with Crippen molar-refractivity contribution in [1.29, 1.82) is 0 Å². The van der Waals surface area contributed by atoms with Gasteiger partial charge in [-0.1, -0.05) is 23.7 Å². The first-order chi connectivity index (χ1) is 11.9. The highest BCUT2D eigenvalue weighted by atomic mass is 35.5. The highest BCUT2D eigenvalue weighted by Gasteiger charge is 2.17. The number of anilines is 1. The summed E-state index contributed by atoms with van der Waals surface area (Å²) in [4.78, 5) is 24.0. The Balaban J connectivity index is 2.00. The van der Waals surface area contributed by atoms with Crippen molar-refractivity contribution in [3.05, 3.63) is 52.5 Å².